The lowest BCUT2D eigenvalue weighted by Gasteiger charge is -2.10. The first kappa shape index (κ1) is 9.51. The molecule has 0 aliphatic rings. The predicted molar refractivity (Wildman–Crippen MR) is 46.0 cm³/mol. The van der Waals surface area contributed by atoms with Crippen LogP contribution < -0.4 is 5.32 Å². The molecule has 13 heavy (non-hydrogen) atoms. The number of amides is 1. The van der Waals surface area contributed by atoms with Crippen molar-refractivity contribution in [3.63, 3.8) is 0 Å². The van der Waals surface area contributed by atoms with Gasteiger partial charge in [0.25, 0.3) is 0 Å². The third-order valence-electron chi connectivity index (χ3n) is 1.71. The Labute approximate surface area is 75.2 Å². The molecule has 1 atom stereocenters. The summed E-state index contributed by atoms with van der Waals surface area (Å²) >= 11 is 0. The van der Waals surface area contributed by atoms with E-state index in [1.165, 1.54) is 12.1 Å². The highest BCUT2D eigenvalue weighted by atomic mass is 19.1. The Morgan fingerprint density at radius 3 is 2.46 bits per heavy atom. The number of nitrogens with one attached hydrogen (secondary N) is 1. The minimum absolute atomic E-state index is 0.321. The van der Waals surface area contributed by atoms with Crippen molar-refractivity contribution in [2.45, 2.75) is 13.0 Å². The van der Waals surface area contributed by atoms with E-state index in [0.717, 1.165) is 5.56 Å². The van der Waals surface area contributed by atoms with E-state index in [0.29, 0.717) is 0 Å². The zero-order valence-electron chi connectivity index (χ0n) is 7.12. The van der Waals surface area contributed by atoms with Crippen LogP contribution in [0.5, 0.6) is 0 Å². The Morgan fingerprint density at radius 1 is 1.46 bits per heavy atom. The fourth-order valence-corrected chi connectivity index (χ4v) is 1.02. The van der Waals surface area contributed by atoms with E-state index >= 15 is 0 Å². The standard InChI is InChI=1S/C9H10FNO2/c1-6(11-9(12)13)7-2-4-8(10)5-3-7/h2-6,11H,1H3,(H,12,13)/t6-/m1/s1. The predicted octanol–water partition coefficient (Wildman–Crippen LogP) is 2.15. The molecule has 0 saturated heterocycles. The van der Waals surface area contributed by atoms with Crippen LogP contribution in [0, 0.1) is 5.82 Å². The normalized spacial score (nSPS) is 12.2. The molecule has 1 aromatic rings. The number of rotatable bonds is 2. The number of carbonyl (C=O) groups is 1. The summed E-state index contributed by atoms with van der Waals surface area (Å²) in [6.45, 7) is 1.70. The maximum atomic E-state index is 12.5. The number of benzene rings is 1. The number of hydrogen-bond donors (Lipinski definition) is 2. The van der Waals surface area contributed by atoms with Crippen molar-refractivity contribution in [2.24, 2.45) is 0 Å². The quantitative estimate of drug-likeness (QED) is 0.738. The van der Waals surface area contributed by atoms with E-state index in [9.17, 15) is 9.18 Å². The molecule has 0 radical (unpaired) electrons. The molecule has 0 bridgehead atoms. The molecule has 1 rings (SSSR count). The van der Waals surface area contributed by atoms with Gasteiger partial charge in [-0.3, -0.25) is 0 Å². The zero-order chi connectivity index (χ0) is 9.84. The topological polar surface area (TPSA) is 49.3 Å². The molecule has 2 N–H and O–H groups in total. The molecule has 0 aromatic heterocycles. The molecule has 0 unspecified atom stereocenters. The summed E-state index contributed by atoms with van der Waals surface area (Å²) < 4.78 is 12.5. The van der Waals surface area contributed by atoms with Crippen molar-refractivity contribution in [3.8, 4) is 0 Å². The van der Waals surface area contributed by atoms with Crippen LogP contribution in [0.3, 0.4) is 0 Å². The Kier molecular flexibility index (Phi) is 2.84. The second-order valence-corrected chi connectivity index (χ2v) is 2.72. The number of carboxylic acid groups (broad SMARTS) is 1. The lowest BCUT2D eigenvalue weighted by molar-refractivity contribution is 0.191. The van der Waals surface area contributed by atoms with E-state index in [-0.39, 0.29) is 11.9 Å². The van der Waals surface area contributed by atoms with Gasteiger partial charge in [0.05, 0.1) is 6.04 Å². The van der Waals surface area contributed by atoms with E-state index in [2.05, 4.69) is 5.32 Å². The lowest BCUT2D eigenvalue weighted by Crippen LogP contribution is -2.24. The van der Waals surface area contributed by atoms with Gasteiger partial charge < -0.3 is 10.4 Å². The molecule has 0 fully saturated rings. The Bertz CT molecular complexity index is 297. The lowest BCUT2D eigenvalue weighted by atomic mass is 10.1. The molecule has 0 spiro atoms. The first-order valence-corrected chi connectivity index (χ1v) is 3.84. The summed E-state index contributed by atoms with van der Waals surface area (Å²) in [5, 5.41) is 10.7. The van der Waals surface area contributed by atoms with E-state index in [4.69, 9.17) is 5.11 Å². The van der Waals surface area contributed by atoms with E-state index < -0.39 is 6.09 Å². The van der Waals surface area contributed by atoms with Gasteiger partial charge in [-0.15, -0.1) is 0 Å². The van der Waals surface area contributed by atoms with Crippen LogP contribution in [0.25, 0.3) is 0 Å². The van der Waals surface area contributed by atoms with Gasteiger partial charge in [-0.2, -0.15) is 0 Å². The average Bonchev–Trinajstić information content (AvgIpc) is 2.04. The van der Waals surface area contributed by atoms with Crippen molar-refractivity contribution in [3.05, 3.63) is 35.6 Å². The molecule has 0 saturated carbocycles. The van der Waals surface area contributed by atoms with Crippen LogP contribution in [0.4, 0.5) is 9.18 Å². The van der Waals surface area contributed by atoms with Crippen LogP contribution in [0.2, 0.25) is 0 Å². The van der Waals surface area contributed by atoms with Gasteiger partial charge in [0, 0.05) is 0 Å². The van der Waals surface area contributed by atoms with Gasteiger partial charge in [-0.25, -0.2) is 9.18 Å². The molecule has 0 heterocycles. The van der Waals surface area contributed by atoms with Crippen LogP contribution in [-0.2, 0) is 0 Å². The van der Waals surface area contributed by atoms with Gasteiger partial charge >= 0.3 is 6.09 Å². The zero-order valence-corrected chi connectivity index (χ0v) is 7.12. The van der Waals surface area contributed by atoms with Crippen molar-refractivity contribution in [1.82, 2.24) is 5.32 Å². The maximum absolute atomic E-state index is 12.5. The summed E-state index contributed by atoms with van der Waals surface area (Å²) in [5.41, 5.74) is 0.740. The fraction of sp³-hybridized carbons (Fsp3) is 0.222. The minimum Gasteiger partial charge on any atom is -0.465 e. The molecule has 0 aliphatic carbocycles. The average molecular weight is 183 g/mol. The Morgan fingerprint density at radius 2 is 2.00 bits per heavy atom. The summed E-state index contributed by atoms with van der Waals surface area (Å²) in [4.78, 5) is 10.3. The first-order chi connectivity index (χ1) is 6.09. The van der Waals surface area contributed by atoms with Gasteiger partial charge in [-0.1, -0.05) is 12.1 Å². The maximum Gasteiger partial charge on any atom is 0.405 e. The van der Waals surface area contributed by atoms with Gasteiger partial charge in [-0.05, 0) is 24.6 Å². The highest BCUT2D eigenvalue weighted by molar-refractivity contribution is 5.65. The van der Waals surface area contributed by atoms with Crippen molar-refractivity contribution in [2.75, 3.05) is 0 Å². The van der Waals surface area contributed by atoms with Crippen LogP contribution in [0.15, 0.2) is 24.3 Å². The highest BCUT2D eigenvalue weighted by Gasteiger charge is 2.06. The van der Waals surface area contributed by atoms with Crippen molar-refractivity contribution >= 4 is 6.09 Å². The van der Waals surface area contributed by atoms with Crippen molar-refractivity contribution < 1.29 is 14.3 Å². The molecule has 70 valence electrons. The van der Waals surface area contributed by atoms with E-state index in [1.807, 2.05) is 0 Å². The molecular weight excluding hydrogens is 173 g/mol. The third-order valence-corrected chi connectivity index (χ3v) is 1.71. The smallest absolute Gasteiger partial charge is 0.405 e. The van der Waals surface area contributed by atoms with Crippen LogP contribution in [-0.4, -0.2) is 11.2 Å². The molecular formula is C9H10FNO2. The summed E-state index contributed by atoms with van der Waals surface area (Å²) in [7, 11) is 0. The first-order valence-electron chi connectivity index (χ1n) is 3.84. The molecule has 1 amide bonds. The van der Waals surface area contributed by atoms with Crippen molar-refractivity contribution in [1.29, 1.82) is 0 Å². The minimum atomic E-state index is -1.09. The molecule has 1 aromatic carbocycles. The Hall–Kier alpha value is -1.58. The molecule has 4 heteroatoms. The van der Waals surface area contributed by atoms with Crippen LogP contribution in [0.1, 0.15) is 18.5 Å². The number of halogens is 1. The van der Waals surface area contributed by atoms with Gasteiger partial charge in [0.2, 0.25) is 0 Å². The molecule has 3 nitrogen and oxygen atoms in total. The Balaban J connectivity index is 2.71. The summed E-state index contributed by atoms with van der Waals surface area (Å²) in [6, 6.07) is 5.38. The van der Waals surface area contributed by atoms with Gasteiger partial charge in [0.1, 0.15) is 5.82 Å². The monoisotopic (exact) mass is 183 g/mol. The summed E-state index contributed by atoms with van der Waals surface area (Å²) in [5.74, 6) is -0.328. The number of hydrogen-bond acceptors (Lipinski definition) is 1. The third kappa shape index (κ3) is 2.74. The second kappa shape index (κ2) is 3.89. The van der Waals surface area contributed by atoms with E-state index in [1.54, 1.807) is 19.1 Å². The summed E-state index contributed by atoms with van der Waals surface area (Å²) in [6.07, 6.45) is -1.09. The fourth-order valence-electron chi connectivity index (χ4n) is 1.02. The van der Waals surface area contributed by atoms with Gasteiger partial charge in [0.15, 0.2) is 0 Å². The highest BCUT2D eigenvalue weighted by Crippen LogP contribution is 2.12. The molecule has 0 aliphatic heterocycles. The SMILES string of the molecule is C[C@@H](NC(=O)O)c1ccc(F)cc1. The second-order valence-electron chi connectivity index (χ2n) is 2.72. The largest absolute Gasteiger partial charge is 0.465 e. The van der Waals surface area contributed by atoms with Crippen LogP contribution >= 0.6 is 0 Å².